The second-order valence-electron chi connectivity index (χ2n) is 5.87. The van der Waals surface area contributed by atoms with Crippen molar-refractivity contribution in [3.05, 3.63) is 77.9 Å². The molecule has 24 heavy (non-hydrogen) atoms. The van der Waals surface area contributed by atoms with Crippen LogP contribution in [-0.2, 0) is 9.47 Å². The number of carbonyl (C=O) groups excluding carboxylic acids is 1. The average molecular weight is 322 g/mol. The van der Waals surface area contributed by atoms with Crippen LogP contribution in [0.4, 0.5) is 0 Å². The van der Waals surface area contributed by atoms with Gasteiger partial charge >= 0.3 is 0 Å². The van der Waals surface area contributed by atoms with Crippen molar-refractivity contribution in [2.45, 2.75) is 25.6 Å². The van der Waals surface area contributed by atoms with Gasteiger partial charge in [0.2, 0.25) is 0 Å². The van der Waals surface area contributed by atoms with Gasteiger partial charge in [-0.25, -0.2) is 0 Å². The third kappa shape index (κ3) is 4.63. The molecule has 1 aliphatic heterocycles. The molecule has 1 saturated heterocycles. The quantitative estimate of drug-likeness (QED) is 0.580. The lowest BCUT2D eigenvalue weighted by molar-refractivity contribution is -0.154. The van der Waals surface area contributed by atoms with Crippen molar-refractivity contribution < 1.29 is 14.3 Å². The molecule has 1 atom stereocenters. The second kappa shape index (κ2) is 8.57. The van der Waals surface area contributed by atoms with Crippen molar-refractivity contribution >= 4 is 11.4 Å². The van der Waals surface area contributed by atoms with E-state index in [0.29, 0.717) is 12.2 Å². The zero-order chi connectivity index (χ0) is 16.6. The SMILES string of the molecule is O=C(C=C(COC1CCCCO1)c1ccccc1)c1ccccc1. The number of carbonyl (C=O) groups is 1. The zero-order valence-corrected chi connectivity index (χ0v) is 13.7. The molecule has 1 aliphatic rings. The van der Waals surface area contributed by atoms with Crippen LogP contribution in [0.2, 0.25) is 0 Å². The Morgan fingerprint density at radius 2 is 1.67 bits per heavy atom. The minimum Gasteiger partial charge on any atom is -0.353 e. The minimum atomic E-state index is -0.169. The summed E-state index contributed by atoms with van der Waals surface area (Å²) in [4.78, 5) is 12.5. The second-order valence-corrected chi connectivity index (χ2v) is 5.87. The smallest absolute Gasteiger partial charge is 0.186 e. The van der Waals surface area contributed by atoms with E-state index >= 15 is 0 Å². The van der Waals surface area contributed by atoms with Gasteiger partial charge in [-0.2, -0.15) is 0 Å². The van der Waals surface area contributed by atoms with Crippen LogP contribution in [0.15, 0.2) is 66.7 Å². The van der Waals surface area contributed by atoms with Gasteiger partial charge in [0.05, 0.1) is 6.61 Å². The van der Waals surface area contributed by atoms with Gasteiger partial charge in [0.1, 0.15) is 0 Å². The Morgan fingerprint density at radius 1 is 1.00 bits per heavy atom. The largest absolute Gasteiger partial charge is 0.353 e. The lowest BCUT2D eigenvalue weighted by atomic mass is 10.0. The molecule has 0 aliphatic carbocycles. The van der Waals surface area contributed by atoms with Crippen molar-refractivity contribution in [2.24, 2.45) is 0 Å². The number of benzene rings is 2. The molecule has 1 heterocycles. The topological polar surface area (TPSA) is 35.5 Å². The van der Waals surface area contributed by atoms with Crippen LogP contribution in [0.3, 0.4) is 0 Å². The molecule has 3 nitrogen and oxygen atoms in total. The predicted molar refractivity (Wildman–Crippen MR) is 94.7 cm³/mol. The van der Waals surface area contributed by atoms with Gasteiger partial charge in [0, 0.05) is 12.2 Å². The summed E-state index contributed by atoms with van der Waals surface area (Å²) in [6, 6.07) is 19.2. The first-order chi connectivity index (χ1) is 11.8. The molecule has 0 aromatic heterocycles. The number of rotatable bonds is 6. The van der Waals surface area contributed by atoms with Crippen molar-refractivity contribution in [1.29, 1.82) is 0 Å². The fourth-order valence-corrected chi connectivity index (χ4v) is 2.73. The third-order valence-corrected chi connectivity index (χ3v) is 4.07. The summed E-state index contributed by atoms with van der Waals surface area (Å²) >= 11 is 0. The monoisotopic (exact) mass is 322 g/mol. The first kappa shape index (κ1) is 16.6. The maximum Gasteiger partial charge on any atom is 0.186 e. The standard InChI is InChI=1S/C21H22O3/c22-20(18-11-5-2-6-12-18)15-19(17-9-3-1-4-10-17)16-24-21-13-7-8-14-23-21/h1-6,9-12,15,21H,7-8,13-14,16H2. The average Bonchev–Trinajstić information content (AvgIpc) is 2.67. The maximum absolute atomic E-state index is 12.5. The Labute approximate surface area is 142 Å². The van der Waals surface area contributed by atoms with Crippen molar-refractivity contribution in [1.82, 2.24) is 0 Å². The van der Waals surface area contributed by atoms with Crippen LogP contribution in [0, 0.1) is 0 Å². The first-order valence-electron chi connectivity index (χ1n) is 8.41. The summed E-state index contributed by atoms with van der Waals surface area (Å²) < 4.78 is 11.5. The molecule has 1 fully saturated rings. The summed E-state index contributed by atoms with van der Waals surface area (Å²) in [5.41, 5.74) is 2.55. The molecule has 1 unspecified atom stereocenters. The normalized spacial score (nSPS) is 18.3. The van der Waals surface area contributed by atoms with E-state index in [9.17, 15) is 4.79 Å². The highest BCUT2D eigenvalue weighted by Crippen LogP contribution is 2.20. The molecule has 3 rings (SSSR count). The molecular formula is C21H22O3. The van der Waals surface area contributed by atoms with Gasteiger partial charge in [0.15, 0.2) is 12.1 Å². The molecule has 0 saturated carbocycles. The fourth-order valence-electron chi connectivity index (χ4n) is 2.73. The Balaban J connectivity index is 1.76. The maximum atomic E-state index is 12.5. The molecule has 0 spiro atoms. The lowest BCUT2D eigenvalue weighted by Gasteiger charge is -2.23. The number of ether oxygens (including phenoxy) is 2. The van der Waals surface area contributed by atoms with E-state index in [1.165, 1.54) is 0 Å². The van der Waals surface area contributed by atoms with Gasteiger partial charge in [-0.05, 0) is 36.5 Å². The minimum absolute atomic E-state index is 0.0115. The Morgan fingerprint density at radius 3 is 2.29 bits per heavy atom. The van der Waals surface area contributed by atoms with Crippen LogP contribution in [-0.4, -0.2) is 25.3 Å². The van der Waals surface area contributed by atoms with E-state index in [0.717, 1.165) is 37.0 Å². The van der Waals surface area contributed by atoms with E-state index < -0.39 is 0 Å². The number of hydrogen-bond acceptors (Lipinski definition) is 3. The van der Waals surface area contributed by atoms with Crippen molar-refractivity contribution in [3.63, 3.8) is 0 Å². The fraction of sp³-hybridized carbons (Fsp3) is 0.286. The van der Waals surface area contributed by atoms with Gasteiger partial charge in [-0.15, -0.1) is 0 Å². The first-order valence-corrected chi connectivity index (χ1v) is 8.41. The van der Waals surface area contributed by atoms with Crippen molar-refractivity contribution in [3.8, 4) is 0 Å². The molecule has 2 aromatic rings. The van der Waals surface area contributed by atoms with Crippen LogP contribution >= 0.6 is 0 Å². The molecule has 3 heteroatoms. The Hall–Kier alpha value is -2.23. The summed E-state index contributed by atoms with van der Waals surface area (Å²) in [5.74, 6) is -0.0115. The third-order valence-electron chi connectivity index (χ3n) is 4.07. The molecule has 0 amide bonds. The Bertz CT molecular complexity index is 671. The van der Waals surface area contributed by atoms with Gasteiger partial charge in [-0.1, -0.05) is 60.7 Å². The van der Waals surface area contributed by atoms with Gasteiger partial charge < -0.3 is 9.47 Å². The number of allylic oxidation sites excluding steroid dienone is 1. The number of hydrogen-bond donors (Lipinski definition) is 0. The van der Waals surface area contributed by atoms with Gasteiger partial charge in [-0.3, -0.25) is 4.79 Å². The summed E-state index contributed by atoms with van der Waals surface area (Å²) in [5, 5.41) is 0. The number of ketones is 1. The lowest BCUT2D eigenvalue weighted by Crippen LogP contribution is -2.23. The van der Waals surface area contributed by atoms with Gasteiger partial charge in [0.25, 0.3) is 0 Å². The molecular weight excluding hydrogens is 300 g/mol. The highest BCUT2D eigenvalue weighted by Gasteiger charge is 2.15. The molecule has 0 bridgehead atoms. The molecule has 2 aromatic carbocycles. The zero-order valence-electron chi connectivity index (χ0n) is 13.7. The molecule has 124 valence electrons. The summed E-state index contributed by atoms with van der Waals surface area (Å²) in [7, 11) is 0. The van der Waals surface area contributed by atoms with Crippen molar-refractivity contribution in [2.75, 3.05) is 13.2 Å². The predicted octanol–water partition coefficient (Wildman–Crippen LogP) is 4.50. The van der Waals surface area contributed by atoms with E-state index in [1.807, 2.05) is 60.7 Å². The summed E-state index contributed by atoms with van der Waals surface area (Å²) in [6.45, 7) is 1.12. The van der Waals surface area contributed by atoms with E-state index in [1.54, 1.807) is 6.08 Å². The highest BCUT2D eigenvalue weighted by molar-refractivity contribution is 6.08. The van der Waals surface area contributed by atoms with E-state index in [4.69, 9.17) is 9.47 Å². The van der Waals surface area contributed by atoms with Crippen LogP contribution < -0.4 is 0 Å². The Kier molecular flexibility index (Phi) is 5.94. The van der Waals surface area contributed by atoms with E-state index in [2.05, 4.69) is 0 Å². The van der Waals surface area contributed by atoms with Crippen LogP contribution in [0.1, 0.15) is 35.2 Å². The molecule has 0 N–H and O–H groups in total. The molecule has 0 radical (unpaired) electrons. The van der Waals surface area contributed by atoms with Crippen LogP contribution in [0.5, 0.6) is 0 Å². The van der Waals surface area contributed by atoms with Crippen LogP contribution in [0.25, 0.3) is 5.57 Å². The highest BCUT2D eigenvalue weighted by atomic mass is 16.7. The summed E-state index contributed by atoms with van der Waals surface area (Å²) in [6.07, 6.45) is 4.63. The van der Waals surface area contributed by atoms with E-state index in [-0.39, 0.29) is 12.1 Å².